The fourth-order valence-electron chi connectivity index (χ4n) is 1.72. The monoisotopic (exact) mass is 280 g/mol. The fourth-order valence-corrected chi connectivity index (χ4v) is 1.72. The van der Waals surface area contributed by atoms with Gasteiger partial charge in [0.2, 0.25) is 0 Å². The third-order valence-electron chi connectivity index (χ3n) is 2.60. The number of halogens is 3. The predicted octanol–water partition coefficient (Wildman–Crippen LogP) is 2.76. The molecule has 8 heteroatoms. The topological polar surface area (TPSA) is 63.7 Å². The largest absolute Gasteiger partial charge is 0.432 e. The van der Waals surface area contributed by atoms with E-state index in [2.05, 4.69) is 24.9 Å². The summed E-state index contributed by atoms with van der Waals surface area (Å²) in [5, 5.41) is 6.41. The number of nitrogens with one attached hydrogen (secondary N) is 1. The lowest BCUT2D eigenvalue weighted by molar-refractivity contribution is -0.0521. The van der Waals surface area contributed by atoms with E-state index in [1.54, 1.807) is 0 Å². The van der Waals surface area contributed by atoms with Crippen LogP contribution in [0.25, 0.3) is 22.4 Å². The van der Waals surface area contributed by atoms with Gasteiger partial charge < -0.3 is 4.74 Å². The third-order valence-corrected chi connectivity index (χ3v) is 2.60. The Hall–Kier alpha value is -2.64. The van der Waals surface area contributed by atoms with Gasteiger partial charge in [-0.05, 0) is 18.2 Å². The summed E-state index contributed by atoms with van der Waals surface area (Å²) in [6.07, 6.45) is 2.95. The summed E-state index contributed by atoms with van der Waals surface area (Å²) >= 11 is 0. The van der Waals surface area contributed by atoms with Crippen LogP contribution < -0.4 is 4.74 Å². The minimum atomic E-state index is -3.07. The van der Waals surface area contributed by atoms with Gasteiger partial charge in [-0.1, -0.05) is 0 Å². The molecule has 0 aliphatic heterocycles. The highest BCUT2D eigenvalue weighted by Gasteiger charge is 2.12. The molecule has 0 unspecified atom stereocenters. The summed E-state index contributed by atoms with van der Waals surface area (Å²) in [5.41, 5.74) is 1.82. The van der Waals surface area contributed by atoms with Gasteiger partial charge in [0.1, 0.15) is 5.52 Å². The molecule has 2 heterocycles. The van der Waals surface area contributed by atoms with Crippen LogP contribution in [0.15, 0.2) is 30.6 Å². The molecule has 0 saturated heterocycles. The molecule has 0 aliphatic carbocycles. The zero-order valence-electron chi connectivity index (χ0n) is 9.85. The number of nitrogens with zero attached hydrogens (tertiary/aromatic N) is 3. The van der Waals surface area contributed by atoms with Crippen molar-refractivity contribution in [2.24, 2.45) is 0 Å². The first-order valence-corrected chi connectivity index (χ1v) is 5.54. The van der Waals surface area contributed by atoms with Crippen LogP contribution in [0, 0.1) is 5.82 Å². The maximum Gasteiger partial charge on any atom is 0.387 e. The smallest absolute Gasteiger partial charge is 0.387 e. The van der Waals surface area contributed by atoms with E-state index in [9.17, 15) is 13.2 Å². The molecule has 0 saturated carbocycles. The highest BCUT2D eigenvalue weighted by Crippen LogP contribution is 2.25. The maximum atomic E-state index is 13.6. The predicted molar refractivity (Wildman–Crippen MR) is 63.7 cm³/mol. The second kappa shape index (κ2) is 4.80. The average molecular weight is 280 g/mol. The normalized spacial score (nSPS) is 11.2. The number of rotatable bonds is 3. The Kier molecular flexibility index (Phi) is 2.97. The van der Waals surface area contributed by atoms with E-state index in [1.165, 1.54) is 18.5 Å². The van der Waals surface area contributed by atoms with E-state index < -0.39 is 18.2 Å². The summed E-state index contributed by atoms with van der Waals surface area (Å²) < 4.78 is 41.7. The van der Waals surface area contributed by atoms with Crippen LogP contribution in [0.5, 0.6) is 5.75 Å². The Balaban J connectivity index is 1.99. The molecule has 0 fully saturated rings. The van der Waals surface area contributed by atoms with Gasteiger partial charge in [0.25, 0.3) is 0 Å². The van der Waals surface area contributed by atoms with Crippen molar-refractivity contribution >= 4 is 11.2 Å². The first-order valence-electron chi connectivity index (χ1n) is 5.54. The number of aromatic amines is 1. The number of benzene rings is 1. The summed E-state index contributed by atoms with van der Waals surface area (Å²) in [7, 11) is 0. The van der Waals surface area contributed by atoms with Crippen LogP contribution in [0.3, 0.4) is 0 Å². The van der Waals surface area contributed by atoms with E-state index in [0.29, 0.717) is 22.4 Å². The number of ether oxygens (including phenoxy) is 1. The first-order chi connectivity index (χ1) is 9.63. The molecule has 0 aliphatic rings. The molecule has 102 valence electrons. The Morgan fingerprint density at radius 2 is 2.05 bits per heavy atom. The first kappa shape index (κ1) is 12.4. The van der Waals surface area contributed by atoms with Crippen LogP contribution in [0.1, 0.15) is 0 Å². The van der Waals surface area contributed by atoms with Crippen molar-refractivity contribution in [1.29, 1.82) is 0 Å². The summed E-state index contributed by atoms with van der Waals surface area (Å²) in [6.45, 7) is -3.07. The lowest BCUT2D eigenvalue weighted by Gasteiger charge is -2.07. The SMILES string of the molecule is Fc1cc(-c2cnc3cn[nH]c3n2)ccc1OC(F)F. The number of hydrogen-bond acceptors (Lipinski definition) is 4. The fraction of sp³-hybridized carbons (Fsp3) is 0.0833. The minimum Gasteiger partial charge on any atom is -0.432 e. The van der Waals surface area contributed by atoms with Gasteiger partial charge in [0, 0.05) is 5.56 Å². The zero-order chi connectivity index (χ0) is 14.1. The van der Waals surface area contributed by atoms with Gasteiger partial charge in [-0.25, -0.2) is 14.4 Å². The summed E-state index contributed by atoms with van der Waals surface area (Å²) in [6, 6.07) is 3.60. The molecule has 3 aromatic rings. The lowest BCUT2D eigenvalue weighted by atomic mass is 10.1. The molecule has 2 aromatic heterocycles. The van der Waals surface area contributed by atoms with E-state index in [0.717, 1.165) is 12.1 Å². The van der Waals surface area contributed by atoms with Crippen molar-refractivity contribution < 1.29 is 17.9 Å². The van der Waals surface area contributed by atoms with Crippen molar-refractivity contribution in [2.75, 3.05) is 0 Å². The van der Waals surface area contributed by atoms with E-state index in [4.69, 9.17) is 0 Å². The standard InChI is InChI=1S/C12H7F3N4O/c13-7-3-6(1-2-10(7)20-12(14)15)8-4-16-9-5-17-19-11(9)18-8/h1-5,12H,(H,17,18,19). The highest BCUT2D eigenvalue weighted by molar-refractivity contribution is 5.72. The molecular weight excluding hydrogens is 273 g/mol. The quantitative estimate of drug-likeness (QED) is 0.801. The second-order valence-electron chi connectivity index (χ2n) is 3.88. The number of hydrogen-bond donors (Lipinski definition) is 1. The van der Waals surface area contributed by atoms with E-state index in [1.807, 2.05) is 0 Å². The van der Waals surface area contributed by atoms with Gasteiger partial charge in [0.05, 0.1) is 18.1 Å². The molecule has 0 bridgehead atoms. The molecular formula is C12H7F3N4O. The van der Waals surface area contributed by atoms with Crippen LogP contribution >= 0.6 is 0 Å². The van der Waals surface area contributed by atoms with Gasteiger partial charge in [-0.2, -0.15) is 13.9 Å². The molecule has 20 heavy (non-hydrogen) atoms. The highest BCUT2D eigenvalue weighted by atomic mass is 19.3. The Morgan fingerprint density at radius 1 is 1.20 bits per heavy atom. The van der Waals surface area contributed by atoms with Crippen molar-refractivity contribution in [3.63, 3.8) is 0 Å². The molecule has 0 spiro atoms. The molecule has 5 nitrogen and oxygen atoms in total. The molecule has 0 amide bonds. The van der Waals surface area contributed by atoms with E-state index in [-0.39, 0.29) is 0 Å². The summed E-state index contributed by atoms with van der Waals surface area (Å²) in [5.74, 6) is -1.41. The number of fused-ring (bicyclic) bond motifs is 1. The van der Waals surface area contributed by atoms with Gasteiger partial charge in [-0.3, -0.25) is 5.10 Å². The van der Waals surface area contributed by atoms with Gasteiger partial charge in [-0.15, -0.1) is 0 Å². The third kappa shape index (κ3) is 2.27. The Morgan fingerprint density at radius 3 is 2.80 bits per heavy atom. The lowest BCUT2D eigenvalue weighted by Crippen LogP contribution is -2.03. The number of alkyl halides is 2. The molecule has 1 N–H and O–H groups in total. The van der Waals surface area contributed by atoms with Gasteiger partial charge >= 0.3 is 6.61 Å². The van der Waals surface area contributed by atoms with Crippen LogP contribution in [-0.4, -0.2) is 26.8 Å². The zero-order valence-corrected chi connectivity index (χ0v) is 9.85. The Bertz CT molecular complexity index is 759. The molecule has 1 aromatic carbocycles. The second-order valence-corrected chi connectivity index (χ2v) is 3.88. The number of aromatic nitrogens is 4. The van der Waals surface area contributed by atoms with Crippen molar-refractivity contribution in [1.82, 2.24) is 20.2 Å². The molecule has 3 rings (SSSR count). The molecule has 0 radical (unpaired) electrons. The average Bonchev–Trinajstić information content (AvgIpc) is 2.87. The van der Waals surface area contributed by atoms with Gasteiger partial charge in [0.15, 0.2) is 17.2 Å². The number of H-pyrrole nitrogens is 1. The van der Waals surface area contributed by atoms with Crippen LogP contribution in [0.4, 0.5) is 13.2 Å². The van der Waals surface area contributed by atoms with Crippen molar-refractivity contribution in [3.05, 3.63) is 36.4 Å². The van der Waals surface area contributed by atoms with Crippen LogP contribution in [-0.2, 0) is 0 Å². The van der Waals surface area contributed by atoms with Crippen LogP contribution in [0.2, 0.25) is 0 Å². The van der Waals surface area contributed by atoms with Crippen molar-refractivity contribution in [2.45, 2.75) is 6.61 Å². The maximum absolute atomic E-state index is 13.6. The van der Waals surface area contributed by atoms with E-state index >= 15 is 0 Å². The minimum absolute atomic E-state index is 0.393. The summed E-state index contributed by atoms with van der Waals surface area (Å²) in [4.78, 5) is 8.29. The van der Waals surface area contributed by atoms with Crippen molar-refractivity contribution in [3.8, 4) is 17.0 Å². The molecule has 0 atom stereocenters. The Labute approximate surface area is 110 Å².